The first-order chi connectivity index (χ1) is 14.9. The van der Waals surface area contributed by atoms with Gasteiger partial charge >= 0.3 is 5.97 Å². The van der Waals surface area contributed by atoms with Gasteiger partial charge in [-0.25, -0.2) is 0 Å². The number of ether oxygens (including phenoxy) is 1. The van der Waals surface area contributed by atoms with Gasteiger partial charge in [-0.15, -0.1) is 0 Å². The Morgan fingerprint density at radius 3 is 2.55 bits per heavy atom. The van der Waals surface area contributed by atoms with E-state index in [4.69, 9.17) is 16.3 Å². The van der Waals surface area contributed by atoms with E-state index < -0.39 is 23.7 Å². The van der Waals surface area contributed by atoms with Crippen LogP contribution in [0.3, 0.4) is 0 Å². The second kappa shape index (κ2) is 10.7. The molecule has 1 aliphatic carbocycles. The van der Waals surface area contributed by atoms with E-state index in [9.17, 15) is 19.6 Å². The minimum Gasteiger partial charge on any atom is -0.468 e. The summed E-state index contributed by atoms with van der Waals surface area (Å²) in [6.45, 7) is 0. The van der Waals surface area contributed by atoms with Crippen LogP contribution in [0.2, 0.25) is 5.02 Å². The predicted octanol–water partition coefficient (Wildman–Crippen LogP) is 3.26. The molecule has 2 N–H and O–H groups in total. The molecule has 7 nitrogen and oxygen atoms in total. The molecule has 3 rings (SSSR count). The first-order valence-corrected chi connectivity index (χ1v) is 11.5. The highest BCUT2D eigenvalue weighted by atomic mass is 35.5. The summed E-state index contributed by atoms with van der Waals surface area (Å²) in [6.07, 6.45) is 5.35. The topological polar surface area (TPSA) is 108 Å². The number of carbonyl (C=O) groups excluding carboxylic acids is 3. The number of amides is 2. The minimum absolute atomic E-state index is 0.0630. The molecule has 31 heavy (non-hydrogen) atoms. The van der Waals surface area contributed by atoms with Gasteiger partial charge in [0.1, 0.15) is 5.92 Å². The number of benzene rings is 1. The third kappa shape index (κ3) is 5.60. The van der Waals surface area contributed by atoms with Gasteiger partial charge in [0, 0.05) is 17.0 Å². The van der Waals surface area contributed by atoms with Crippen molar-refractivity contribution < 1.29 is 19.1 Å². The average molecular weight is 462 g/mol. The van der Waals surface area contributed by atoms with Gasteiger partial charge in [0.05, 0.1) is 29.5 Å². The van der Waals surface area contributed by atoms with Crippen molar-refractivity contribution in [2.24, 2.45) is 5.92 Å². The lowest BCUT2D eigenvalue weighted by atomic mass is 9.78. The highest BCUT2D eigenvalue weighted by Gasteiger charge is 2.44. The summed E-state index contributed by atoms with van der Waals surface area (Å²) in [5.74, 6) is -3.42. The van der Waals surface area contributed by atoms with Crippen molar-refractivity contribution in [1.82, 2.24) is 10.6 Å². The Morgan fingerprint density at radius 1 is 1.26 bits per heavy atom. The number of hydrogen-bond acceptors (Lipinski definition) is 6. The van der Waals surface area contributed by atoms with E-state index >= 15 is 0 Å². The molecule has 164 valence electrons. The highest BCUT2D eigenvalue weighted by Crippen LogP contribution is 2.40. The number of nitrogens with zero attached hydrogens (tertiary/aromatic N) is 1. The number of thioether (sulfide) groups is 1. The lowest BCUT2D eigenvalue weighted by Gasteiger charge is -2.31. The van der Waals surface area contributed by atoms with Crippen molar-refractivity contribution in [3.63, 3.8) is 0 Å². The van der Waals surface area contributed by atoms with Gasteiger partial charge in [0.2, 0.25) is 11.8 Å². The Kier molecular flexibility index (Phi) is 7.99. The first kappa shape index (κ1) is 23.2. The molecule has 9 heteroatoms. The summed E-state index contributed by atoms with van der Waals surface area (Å²) in [5, 5.41) is 16.3. The lowest BCUT2D eigenvalue weighted by molar-refractivity contribution is -0.150. The number of nitriles is 1. The first-order valence-electron chi connectivity index (χ1n) is 10.1. The van der Waals surface area contributed by atoms with Gasteiger partial charge in [-0.1, -0.05) is 54.8 Å². The lowest BCUT2D eigenvalue weighted by Crippen LogP contribution is -2.44. The number of allylic oxidation sites excluding steroid dienone is 1. The smallest absolute Gasteiger partial charge is 0.319 e. The number of rotatable bonds is 6. The van der Waals surface area contributed by atoms with Gasteiger partial charge in [-0.3, -0.25) is 14.4 Å². The number of hydrogen-bond donors (Lipinski definition) is 2. The van der Waals surface area contributed by atoms with Crippen molar-refractivity contribution in [3.05, 3.63) is 45.5 Å². The zero-order chi connectivity index (χ0) is 22.4. The Labute approximate surface area is 190 Å². The molecular formula is C22H24ClN3O4S. The van der Waals surface area contributed by atoms with Crippen LogP contribution in [0, 0.1) is 17.2 Å². The van der Waals surface area contributed by atoms with E-state index in [1.54, 1.807) is 24.3 Å². The maximum absolute atomic E-state index is 12.8. The molecule has 0 bridgehead atoms. The molecule has 1 heterocycles. The minimum atomic E-state index is -1.21. The van der Waals surface area contributed by atoms with E-state index in [0.29, 0.717) is 10.6 Å². The van der Waals surface area contributed by atoms with Crippen LogP contribution in [-0.4, -0.2) is 36.7 Å². The van der Waals surface area contributed by atoms with Gasteiger partial charge < -0.3 is 15.4 Å². The number of halogens is 1. The molecule has 1 saturated carbocycles. The van der Waals surface area contributed by atoms with Crippen LogP contribution in [-0.2, 0) is 19.1 Å². The number of carbonyl (C=O) groups is 3. The summed E-state index contributed by atoms with van der Waals surface area (Å²) in [6, 6.07) is 8.93. The molecule has 0 spiro atoms. The molecule has 2 amide bonds. The molecule has 1 aromatic carbocycles. The maximum Gasteiger partial charge on any atom is 0.319 e. The van der Waals surface area contributed by atoms with Gasteiger partial charge in [0.15, 0.2) is 0 Å². The zero-order valence-corrected chi connectivity index (χ0v) is 18.7. The Balaban J connectivity index is 1.84. The quantitative estimate of drug-likeness (QED) is 0.497. The molecule has 0 saturated heterocycles. The predicted molar refractivity (Wildman–Crippen MR) is 118 cm³/mol. The summed E-state index contributed by atoms with van der Waals surface area (Å²) in [7, 11) is 1.20. The molecule has 0 aromatic heterocycles. The molecule has 0 radical (unpaired) electrons. The van der Waals surface area contributed by atoms with E-state index in [2.05, 4.69) is 16.7 Å². The standard InChI is InChI=1S/C22H24ClN3O4S/c1-30-22(29)19-18(13-7-9-14(23)10-8-13)16(11-24)21(26-20(19)28)31-12-17(27)25-15-5-3-2-4-6-15/h7-10,15,18-19H,2-6,12H2,1H3,(H,25,27)(H,26,28)/t18-,19-/m1/s1. The van der Waals surface area contributed by atoms with Gasteiger partial charge in [-0.05, 0) is 30.5 Å². The van der Waals surface area contributed by atoms with Crippen molar-refractivity contribution in [2.75, 3.05) is 12.9 Å². The van der Waals surface area contributed by atoms with Crippen LogP contribution in [0.15, 0.2) is 34.9 Å². The largest absolute Gasteiger partial charge is 0.468 e. The SMILES string of the molecule is COC(=O)[C@H]1C(=O)NC(SCC(=O)NC2CCCCC2)=C(C#N)[C@H]1c1ccc(Cl)cc1. The fraction of sp³-hybridized carbons (Fsp3) is 0.455. The summed E-state index contributed by atoms with van der Waals surface area (Å²) in [4.78, 5) is 37.6. The third-order valence-corrected chi connectivity index (χ3v) is 6.80. The van der Waals surface area contributed by atoms with Crippen molar-refractivity contribution in [3.8, 4) is 6.07 Å². The molecule has 1 aliphatic heterocycles. The second-order valence-electron chi connectivity index (χ2n) is 7.57. The number of methoxy groups -OCH3 is 1. The Morgan fingerprint density at radius 2 is 1.94 bits per heavy atom. The molecule has 1 aromatic rings. The number of esters is 1. The maximum atomic E-state index is 12.8. The normalized spacial score (nSPS) is 21.8. The monoisotopic (exact) mass is 461 g/mol. The molecule has 2 atom stereocenters. The molecular weight excluding hydrogens is 438 g/mol. The second-order valence-corrected chi connectivity index (χ2v) is 8.99. The third-order valence-electron chi connectivity index (χ3n) is 5.53. The molecule has 1 fully saturated rings. The summed E-state index contributed by atoms with van der Waals surface area (Å²) >= 11 is 7.06. The Hall–Kier alpha value is -2.50. The van der Waals surface area contributed by atoms with E-state index in [1.807, 2.05) is 0 Å². The van der Waals surface area contributed by atoms with Crippen LogP contribution < -0.4 is 10.6 Å². The Bertz CT molecular complexity index is 920. The fourth-order valence-electron chi connectivity index (χ4n) is 4.00. The van der Waals surface area contributed by atoms with E-state index in [1.165, 1.54) is 13.5 Å². The van der Waals surface area contributed by atoms with Crippen LogP contribution in [0.4, 0.5) is 0 Å². The van der Waals surface area contributed by atoms with Gasteiger partial charge in [-0.2, -0.15) is 5.26 Å². The average Bonchev–Trinajstić information content (AvgIpc) is 2.78. The number of nitrogens with one attached hydrogen (secondary N) is 2. The van der Waals surface area contributed by atoms with E-state index in [0.717, 1.165) is 37.4 Å². The van der Waals surface area contributed by atoms with Crippen LogP contribution in [0.5, 0.6) is 0 Å². The molecule has 2 aliphatic rings. The van der Waals surface area contributed by atoms with Crippen LogP contribution >= 0.6 is 23.4 Å². The van der Waals surface area contributed by atoms with Gasteiger partial charge in [0.25, 0.3) is 0 Å². The zero-order valence-electron chi connectivity index (χ0n) is 17.2. The van der Waals surface area contributed by atoms with Crippen LogP contribution in [0.1, 0.15) is 43.6 Å². The van der Waals surface area contributed by atoms with Crippen molar-refractivity contribution >= 4 is 41.1 Å². The molecule has 0 unspecified atom stereocenters. The van der Waals surface area contributed by atoms with Crippen molar-refractivity contribution in [2.45, 2.75) is 44.1 Å². The highest BCUT2D eigenvalue weighted by molar-refractivity contribution is 8.03. The summed E-state index contributed by atoms with van der Waals surface area (Å²) in [5.41, 5.74) is 0.809. The fourth-order valence-corrected chi connectivity index (χ4v) is 4.99. The van der Waals surface area contributed by atoms with Crippen LogP contribution in [0.25, 0.3) is 0 Å². The summed E-state index contributed by atoms with van der Waals surface area (Å²) < 4.78 is 4.82. The van der Waals surface area contributed by atoms with Crippen molar-refractivity contribution in [1.29, 1.82) is 5.26 Å². The van der Waals surface area contributed by atoms with E-state index in [-0.39, 0.29) is 28.3 Å².